The molecule has 0 heterocycles. The molecule has 2 aliphatic rings. The van der Waals surface area contributed by atoms with Gasteiger partial charge in [0.1, 0.15) is 17.2 Å². The first-order valence-electron chi connectivity index (χ1n) is 8.45. The number of benzene rings is 2. The number of aromatic hydroxyl groups is 2. The zero-order chi connectivity index (χ0) is 19.5. The fraction of sp³-hybridized carbons (Fsp3) is 0.250. The van der Waals surface area contributed by atoms with Gasteiger partial charge in [0, 0.05) is 16.7 Å². The summed E-state index contributed by atoms with van der Waals surface area (Å²) in [6.45, 7) is 0. The molecule has 1 atom stereocenters. The molecule has 7 nitrogen and oxygen atoms in total. The Hall–Kier alpha value is -3.35. The molecule has 27 heavy (non-hydrogen) atoms. The number of phenolic OH excluding ortho intramolecular Hbond substituents is 2. The van der Waals surface area contributed by atoms with E-state index in [-0.39, 0.29) is 58.6 Å². The summed E-state index contributed by atoms with van der Waals surface area (Å²) in [5.41, 5.74) is 0.143. The Kier molecular flexibility index (Phi) is 3.69. The van der Waals surface area contributed by atoms with Crippen LogP contribution in [0, 0.1) is 5.92 Å². The molecule has 7 heteroatoms. The summed E-state index contributed by atoms with van der Waals surface area (Å²) in [6, 6.07) is 4.56. The van der Waals surface area contributed by atoms with Crippen molar-refractivity contribution in [2.24, 2.45) is 5.92 Å². The average Bonchev–Trinajstić information content (AvgIpc) is 2.67. The van der Waals surface area contributed by atoms with Crippen LogP contribution in [0.5, 0.6) is 17.2 Å². The number of carboxylic acids is 1. The van der Waals surface area contributed by atoms with Gasteiger partial charge in [0.2, 0.25) is 5.78 Å². The lowest BCUT2D eigenvalue weighted by molar-refractivity contribution is -0.142. The van der Waals surface area contributed by atoms with Crippen LogP contribution < -0.4 is 4.74 Å². The zero-order valence-electron chi connectivity index (χ0n) is 14.4. The van der Waals surface area contributed by atoms with E-state index < -0.39 is 29.2 Å². The fourth-order valence-corrected chi connectivity index (χ4v) is 4.02. The van der Waals surface area contributed by atoms with Crippen LogP contribution in [0.1, 0.15) is 49.4 Å². The van der Waals surface area contributed by atoms with E-state index >= 15 is 0 Å². The molecule has 4 rings (SSSR count). The average molecular weight is 368 g/mol. The summed E-state index contributed by atoms with van der Waals surface area (Å²) < 4.78 is 5.19. The first-order chi connectivity index (χ1) is 12.9. The van der Waals surface area contributed by atoms with E-state index in [0.29, 0.717) is 5.56 Å². The number of aliphatic carboxylic acids is 1. The van der Waals surface area contributed by atoms with Gasteiger partial charge in [0.15, 0.2) is 5.78 Å². The van der Waals surface area contributed by atoms with Crippen LogP contribution in [0.25, 0.3) is 0 Å². The van der Waals surface area contributed by atoms with E-state index in [1.165, 1.54) is 13.2 Å². The van der Waals surface area contributed by atoms with Crippen LogP contribution in [0.15, 0.2) is 18.2 Å². The van der Waals surface area contributed by atoms with Crippen molar-refractivity contribution in [3.05, 3.63) is 51.6 Å². The number of rotatable bonds is 2. The number of carboxylic acid groups (broad SMARTS) is 1. The lowest BCUT2D eigenvalue weighted by Gasteiger charge is -2.28. The van der Waals surface area contributed by atoms with E-state index in [1.54, 1.807) is 12.1 Å². The van der Waals surface area contributed by atoms with Crippen LogP contribution in [0.3, 0.4) is 0 Å². The molecule has 3 N–H and O–H groups in total. The highest BCUT2D eigenvalue weighted by Gasteiger charge is 2.40. The fourth-order valence-electron chi connectivity index (χ4n) is 4.02. The van der Waals surface area contributed by atoms with E-state index in [4.69, 9.17) is 4.74 Å². The Labute approximate surface area is 153 Å². The van der Waals surface area contributed by atoms with Crippen molar-refractivity contribution in [1.82, 2.24) is 0 Å². The second kappa shape index (κ2) is 5.84. The van der Waals surface area contributed by atoms with Gasteiger partial charge in [-0.3, -0.25) is 14.4 Å². The lowest BCUT2D eigenvalue weighted by Crippen LogP contribution is -2.27. The number of phenols is 2. The number of carbonyl (C=O) groups is 3. The van der Waals surface area contributed by atoms with Gasteiger partial charge in [-0.15, -0.1) is 0 Å². The number of methoxy groups -OCH3 is 1. The molecule has 0 saturated carbocycles. The highest BCUT2D eigenvalue weighted by Crippen LogP contribution is 2.47. The molecule has 0 bridgehead atoms. The quantitative estimate of drug-likeness (QED) is 0.592. The van der Waals surface area contributed by atoms with Crippen LogP contribution >= 0.6 is 0 Å². The summed E-state index contributed by atoms with van der Waals surface area (Å²) in [5, 5.41) is 30.7. The molecular formula is C20H16O7. The van der Waals surface area contributed by atoms with Crippen molar-refractivity contribution in [1.29, 1.82) is 0 Å². The topological polar surface area (TPSA) is 121 Å². The normalized spacial score (nSPS) is 17.7. The van der Waals surface area contributed by atoms with Gasteiger partial charge in [0.25, 0.3) is 0 Å². The molecule has 0 aliphatic heterocycles. The monoisotopic (exact) mass is 368 g/mol. The Morgan fingerprint density at radius 1 is 1.04 bits per heavy atom. The number of fused-ring (bicyclic) bond motifs is 3. The third kappa shape index (κ3) is 2.24. The maximum atomic E-state index is 13.1. The number of ketones is 2. The highest BCUT2D eigenvalue weighted by atomic mass is 16.5. The van der Waals surface area contributed by atoms with Crippen molar-refractivity contribution < 1.29 is 34.4 Å². The van der Waals surface area contributed by atoms with Crippen LogP contribution in [0.2, 0.25) is 0 Å². The van der Waals surface area contributed by atoms with Crippen molar-refractivity contribution in [3.63, 3.8) is 0 Å². The third-order valence-electron chi connectivity index (χ3n) is 5.37. The third-order valence-corrected chi connectivity index (χ3v) is 5.37. The van der Waals surface area contributed by atoms with Gasteiger partial charge >= 0.3 is 5.97 Å². The maximum absolute atomic E-state index is 13.1. The van der Waals surface area contributed by atoms with Gasteiger partial charge in [-0.25, -0.2) is 0 Å². The van der Waals surface area contributed by atoms with Gasteiger partial charge in [-0.1, -0.05) is 12.1 Å². The molecule has 2 aliphatic carbocycles. The lowest BCUT2D eigenvalue weighted by atomic mass is 9.75. The Morgan fingerprint density at radius 3 is 2.37 bits per heavy atom. The second-order valence-electron chi connectivity index (χ2n) is 6.72. The molecule has 2 aromatic carbocycles. The SMILES string of the molecule is COc1cccc2c1C(=O)c1c(O)c3c(c(O)c1C2=O)C[C@@H](C(=O)O)CC3. The number of hydrogen-bond donors (Lipinski definition) is 3. The molecule has 0 fully saturated rings. The molecular weight excluding hydrogens is 352 g/mol. The summed E-state index contributed by atoms with van der Waals surface area (Å²) in [4.78, 5) is 37.4. The summed E-state index contributed by atoms with van der Waals surface area (Å²) in [7, 11) is 1.37. The molecule has 138 valence electrons. The van der Waals surface area contributed by atoms with E-state index in [9.17, 15) is 29.7 Å². The van der Waals surface area contributed by atoms with Gasteiger partial charge in [-0.05, 0) is 25.3 Å². The standard InChI is InChI=1S/C20H16O7/c1-27-12-4-2-3-10-13(12)19(24)15-14(17(10)22)18(23)11-7-8(20(25)26)5-6-9(11)16(15)21/h2-4,8,21,23H,5-7H2,1H3,(H,25,26)/t8-/m0/s1. The molecule has 0 saturated heterocycles. The number of ether oxygens (including phenoxy) is 1. The zero-order valence-corrected chi connectivity index (χ0v) is 14.4. The Bertz CT molecular complexity index is 1040. The van der Waals surface area contributed by atoms with E-state index in [1.807, 2.05) is 0 Å². The smallest absolute Gasteiger partial charge is 0.306 e. The predicted octanol–water partition coefficient (Wildman–Crippen LogP) is 2.07. The Morgan fingerprint density at radius 2 is 1.70 bits per heavy atom. The van der Waals surface area contributed by atoms with Gasteiger partial charge in [0.05, 0.1) is 29.7 Å². The highest BCUT2D eigenvalue weighted by molar-refractivity contribution is 6.31. The van der Waals surface area contributed by atoms with Crippen LogP contribution in [-0.2, 0) is 17.6 Å². The van der Waals surface area contributed by atoms with Gasteiger partial charge in [-0.2, -0.15) is 0 Å². The minimum Gasteiger partial charge on any atom is -0.507 e. The predicted molar refractivity (Wildman–Crippen MR) is 92.8 cm³/mol. The molecule has 2 aromatic rings. The second-order valence-corrected chi connectivity index (χ2v) is 6.72. The van der Waals surface area contributed by atoms with Crippen LogP contribution in [0.4, 0.5) is 0 Å². The van der Waals surface area contributed by atoms with E-state index in [2.05, 4.69) is 0 Å². The maximum Gasteiger partial charge on any atom is 0.306 e. The Balaban J connectivity index is 1.99. The molecule has 0 unspecified atom stereocenters. The van der Waals surface area contributed by atoms with Crippen molar-refractivity contribution >= 4 is 17.5 Å². The van der Waals surface area contributed by atoms with Crippen molar-refractivity contribution in [3.8, 4) is 17.2 Å². The minimum absolute atomic E-state index is 0.0101. The van der Waals surface area contributed by atoms with Crippen molar-refractivity contribution in [2.75, 3.05) is 7.11 Å². The number of hydrogen-bond acceptors (Lipinski definition) is 6. The first kappa shape index (κ1) is 17.1. The summed E-state index contributed by atoms with van der Waals surface area (Å²) >= 11 is 0. The largest absolute Gasteiger partial charge is 0.507 e. The summed E-state index contributed by atoms with van der Waals surface area (Å²) in [5.74, 6) is -3.51. The summed E-state index contributed by atoms with van der Waals surface area (Å²) in [6.07, 6.45) is 0.458. The van der Waals surface area contributed by atoms with E-state index in [0.717, 1.165) is 0 Å². The minimum atomic E-state index is -1.00. The molecule has 0 aromatic heterocycles. The van der Waals surface area contributed by atoms with Crippen LogP contribution in [-0.4, -0.2) is 40.0 Å². The van der Waals surface area contributed by atoms with Gasteiger partial charge < -0.3 is 20.1 Å². The molecule has 0 radical (unpaired) electrons. The number of carbonyl (C=O) groups excluding carboxylic acids is 2. The first-order valence-corrected chi connectivity index (χ1v) is 8.45. The van der Waals surface area contributed by atoms with Crippen molar-refractivity contribution in [2.45, 2.75) is 19.3 Å². The molecule has 0 amide bonds. The molecule has 0 spiro atoms.